The van der Waals surface area contributed by atoms with E-state index in [1.54, 1.807) is 25.3 Å². The Hall–Kier alpha value is -1.71. The molecule has 0 aliphatic heterocycles. The zero-order chi connectivity index (χ0) is 10.6. The minimum atomic E-state index is -0.446. The Morgan fingerprint density at radius 1 is 1.36 bits per heavy atom. The highest BCUT2D eigenvalue weighted by molar-refractivity contribution is 5.73. The molecule has 0 amide bonds. The molecule has 0 saturated carbocycles. The Morgan fingerprint density at radius 2 is 2.07 bits per heavy atom. The van der Waals surface area contributed by atoms with Gasteiger partial charge < -0.3 is 9.15 Å². The van der Waals surface area contributed by atoms with Gasteiger partial charge in [0.2, 0.25) is 0 Å². The molecule has 2 aromatic rings. The fourth-order valence-electron chi connectivity index (χ4n) is 1.05. The van der Waals surface area contributed by atoms with Crippen LogP contribution in [0.4, 0.5) is 0 Å². The van der Waals surface area contributed by atoms with Gasteiger partial charge in [-0.25, -0.2) is 4.79 Å². The van der Waals surface area contributed by atoms with E-state index < -0.39 is 5.76 Å². The number of hydrogen-bond donors (Lipinski definition) is 1. The number of aromatic nitrogens is 1. The first kappa shape index (κ1) is 10.4. The summed E-state index contributed by atoms with van der Waals surface area (Å²) >= 11 is 0. The number of nitrogens with one attached hydrogen (secondary N) is 1. The van der Waals surface area contributed by atoms with Crippen molar-refractivity contribution < 1.29 is 9.15 Å². The molecule has 0 fully saturated rings. The van der Waals surface area contributed by atoms with Gasteiger partial charge in [0, 0.05) is 6.07 Å². The van der Waals surface area contributed by atoms with E-state index >= 15 is 0 Å². The van der Waals surface area contributed by atoms with Crippen molar-refractivity contribution in [2.75, 3.05) is 7.11 Å². The van der Waals surface area contributed by atoms with Crippen LogP contribution in [0.2, 0.25) is 0 Å². The van der Waals surface area contributed by atoms with Gasteiger partial charge in [-0.3, -0.25) is 4.98 Å². The smallest absolute Gasteiger partial charge is 0.417 e. The van der Waals surface area contributed by atoms with Crippen LogP contribution in [0.15, 0.2) is 27.4 Å². The molecule has 2 rings (SSSR count). The number of benzene rings is 1. The summed E-state index contributed by atoms with van der Waals surface area (Å²) in [5, 5.41) is 0. The highest BCUT2D eigenvalue weighted by Gasteiger charge is 2.00. The molecule has 0 bridgehead atoms. The average Bonchev–Trinajstić information content (AvgIpc) is 2.59. The summed E-state index contributed by atoms with van der Waals surface area (Å²) in [5.74, 6) is 0.225. The third-order valence-electron chi connectivity index (χ3n) is 1.63. The molecule has 1 heterocycles. The van der Waals surface area contributed by atoms with Crippen LogP contribution in [-0.2, 0) is 0 Å². The maximum atomic E-state index is 10.7. The molecule has 1 aromatic carbocycles. The Morgan fingerprint density at radius 3 is 2.71 bits per heavy atom. The number of hydrogen-bond acceptors (Lipinski definition) is 3. The van der Waals surface area contributed by atoms with Gasteiger partial charge in [0.05, 0.1) is 12.6 Å². The van der Waals surface area contributed by atoms with Crippen LogP contribution in [0, 0.1) is 0 Å². The molecule has 0 aliphatic rings. The third kappa shape index (κ3) is 1.96. The summed E-state index contributed by atoms with van der Waals surface area (Å²) < 4.78 is 9.77. The largest absolute Gasteiger partial charge is 0.497 e. The van der Waals surface area contributed by atoms with E-state index in [0.29, 0.717) is 16.8 Å². The molecule has 0 radical (unpaired) electrons. The van der Waals surface area contributed by atoms with Gasteiger partial charge in [-0.2, -0.15) is 0 Å². The van der Waals surface area contributed by atoms with Crippen molar-refractivity contribution in [3.8, 4) is 5.75 Å². The quantitative estimate of drug-likeness (QED) is 0.758. The molecule has 0 aliphatic carbocycles. The van der Waals surface area contributed by atoms with Crippen LogP contribution in [0.25, 0.3) is 11.1 Å². The number of rotatable bonds is 1. The molecule has 1 N–H and O–H groups in total. The van der Waals surface area contributed by atoms with Crippen LogP contribution < -0.4 is 10.5 Å². The SMILES string of the molecule is CC.COc1ccc2[nH]c(=O)oc2c1. The van der Waals surface area contributed by atoms with Crippen molar-refractivity contribution in [3.05, 3.63) is 28.7 Å². The fraction of sp³-hybridized carbons (Fsp3) is 0.300. The second-order valence-corrected chi connectivity index (χ2v) is 2.38. The zero-order valence-electron chi connectivity index (χ0n) is 8.46. The summed E-state index contributed by atoms with van der Waals surface area (Å²) in [6, 6.07) is 5.15. The lowest BCUT2D eigenvalue weighted by Gasteiger charge is -1.95. The average molecular weight is 195 g/mol. The van der Waals surface area contributed by atoms with Crippen LogP contribution in [-0.4, -0.2) is 12.1 Å². The summed E-state index contributed by atoms with van der Waals surface area (Å²) in [6.07, 6.45) is 0. The monoisotopic (exact) mass is 195 g/mol. The van der Waals surface area contributed by atoms with E-state index in [1.165, 1.54) is 0 Å². The van der Waals surface area contributed by atoms with Gasteiger partial charge in [-0.15, -0.1) is 0 Å². The van der Waals surface area contributed by atoms with Crippen molar-refractivity contribution in [3.63, 3.8) is 0 Å². The van der Waals surface area contributed by atoms with Crippen molar-refractivity contribution in [2.45, 2.75) is 13.8 Å². The maximum Gasteiger partial charge on any atom is 0.417 e. The van der Waals surface area contributed by atoms with E-state index in [1.807, 2.05) is 13.8 Å². The fourth-order valence-corrected chi connectivity index (χ4v) is 1.05. The molecular formula is C10H13NO3. The topological polar surface area (TPSA) is 55.2 Å². The van der Waals surface area contributed by atoms with Gasteiger partial charge in [0.1, 0.15) is 5.75 Å². The highest BCUT2D eigenvalue weighted by atomic mass is 16.5. The maximum absolute atomic E-state index is 10.7. The van der Waals surface area contributed by atoms with Crippen molar-refractivity contribution >= 4 is 11.1 Å². The number of aromatic amines is 1. The number of oxazole rings is 1. The van der Waals surface area contributed by atoms with E-state index in [2.05, 4.69) is 4.98 Å². The van der Waals surface area contributed by atoms with E-state index in [9.17, 15) is 4.79 Å². The second-order valence-electron chi connectivity index (χ2n) is 2.38. The molecule has 14 heavy (non-hydrogen) atoms. The summed E-state index contributed by atoms with van der Waals surface area (Å²) in [6.45, 7) is 4.00. The predicted molar refractivity (Wildman–Crippen MR) is 54.7 cm³/mol. The number of methoxy groups -OCH3 is 1. The van der Waals surface area contributed by atoms with Crippen molar-refractivity contribution in [2.24, 2.45) is 0 Å². The lowest BCUT2D eigenvalue weighted by molar-refractivity contribution is 0.414. The molecule has 0 unspecified atom stereocenters. The van der Waals surface area contributed by atoms with E-state index in [4.69, 9.17) is 9.15 Å². The zero-order valence-corrected chi connectivity index (χ0v) is 8.46. The van der Waals surface area contributed by atoms with Gasteiger partial charge >= 0.3 is 5.76 Å². The molecule has 4 nitrogen and oxygen atoms in total. The Kier molecular flexibility index (Phi) is 3.34. The second kappa shape index (κ2) is 4.50. The normalized spacial score (nSPS) is 9.36. The lowest BCUT2D eigenvalue weighted by Crippen LogP contribution is -1.92. The first-order chi connectivity index (χ1) is 6.79. The van der Waals surface area contributed by atoms with Crippen LogP contribution in [0.3, 0.4) is 0 Å². The Labute approximate surface area is 81.5 Å². The van der Waals surface area contributed by atoms with Crippen molar-refractivity contribution in [1.82, 2.24) is 4.98 Å². The number of ether oxygens (including phenoxy) is 1. The summed E-state index contributed by atoms with van der Waals surface area (Å²) in [4.78, 5) is 13.3. The molecule has 4 heteroatoms. The predicted octanol–water partition coefficient (Wildman–Crippen LogP) is 2.16. The molecular weight excluding hydrogens is 182 g/mol. The van der Waals surface area contributed by atoms with Crippen LogP contribution >= 0.6 is 0 Å². The minimum absolute atomic E-state index is 0.446. The van der Waals surface area contributed by atoms with Gasteiger partial charge in [-0.1, -0.05) is 13.8 Å². The third-order valence-corrected chi connectivity index (χ3v) is 1.63. The highest BCUT2D eigenvalue weighted by Crippen LogP contribution is 2.17. The Bertz CT molecular complexity index is 456. The van der Waals surface area contributed by atoms with Crippen LogP contribution in [0.1, 0.15) is 13.8 Å². The number of fused-ring (bicyclic) bond motifs is 1. The molecule has 76 valence electrons. The van der Waals surface area contributed by atoms with E-state index in [-0.39, 0.29) is 0 Å². The standard InChI is InChI=1S/C8H7NO3.C2H6/c1-11-5-2-3-6-7(4-5)12-8(10)9-6;1-2/h2-4H,1H3,(H,9,10);1-2H3. The van der Waals surface area contributed by atoms with Crippen molar-refractivity contribution in [1.29, 1.82) is 0 Å². The molecule has 0 saturated heterocycles. The molecule has 0 spiro atoms. The van der Waals surface area contributed by atoms with Gasteiger partial charge in [-0.05, 0) is 12.1 Å². The van der Waals surface area contributed by atoms with Crippen LogP contribution in [0.5, 0.6) is 5.75 Å². The van der Waals surface area contributed by atoms with Gasteiger partial charge in [0.15, 0.2) is 5.58 Å². The minimum Gasteiger partial charge on any atom is -0.497 e. The number of H-pyrrole nitrogens is 1. The first-order valence-electron chi connectivity index (χ1n) is 4.46. The Balaban J connectivity index is 0.000000461. The first-order valence-corrected chi connectivity index (χ1v) is 4.46. The molecule has 1 aromatic heterocycles. The summed E-state index contributed by atoms with van der Waals surface area (Å²) in [7, 11) is 1.56. The van der Waals surface area contributed by atoms with Gasteiger partial charge in [0.25, 0.3) is 0 Å². The lowest BCUT2D eigenvalue weighted by atomic mass is 10.3. The van der Waals surface area contributed by atoms with E-state index in [0.717, 1.165) is 0 Å². The molecule has 0 atom stereocenters. The summed E-state index contributed by atoms with van der Waals surface area (Å²) in [5.41, 5.74) is 1.19.